The quantitative estimate of drug-likeness (QED) is 0.662. The van der Waals surface area contributed by atoms with Crippen molar-refractivity contribution in [2.45, 2.75) is 13.8 Å². The fourth-order valence-electron chi connectivity index (χ4n) is 1.03. The van der Waals surface area contributed by atoms with Gasteiger partial charge in [0.25, 0.3) is 0 Å². The molecule has 0 spiro atoms. The highest BCUT2D eigenvalue weighted by Gasteiger charge is 1.99. The summed E-state index contributed by atoms with van der Waals surface area (Å²) in [7, 11) is 0. The topological polar surface area (TPSA) is 63.6 Å². The van der Waals surface area contributed by atoms with Gasteiger partial charge in [0.15, 0.2) is 0 Å². The van der Waals surface area contributed by atoms with Crippen molar-refractivity contribution in [3.8, 4) is 0 Å². The summed E-state index contributed by atoms with van der Waals surface area (Å²) in [6, 6.07) is 10.0. The standard InChI is InChI=1S/C8H12O4.C8H8/c1-6(2)5-12-8(11)4-3-7(9)10;1-2-8-6-4-3-5-7-8/h3-4,6H,5H2,1-2H3,(H,9,10);2-7H,1H2. The summed E-state index contributed by atoms with van der Waals surface area (Å²) in [6.07, 6.45) is 3.48. The van der Waals surface area contributed by atoms with Crippen LogP contribution in [0.15, 0.2) is 49.1 Å². The lowest BCUT2D eigenvalue weighted by molar-refractivity contribution is -0.139. The molecule has 4 heteroatoms. The first-order valence-electron chi connectivity index (χ1n) is 6.21. The molecule has 108 valence electrons. The Morgan fingerprint density at radius 2 is 1.85 bits per heavy atom. The SMILES string of the molecule is C=Cc1ccccc1.CC(C)COC(=O)C=CC(=O)O. The van der Waals surface area contributed by atoms with E-state index in [0.717, 1.165) is 12.2 Å². The van der Waals surface area contributed by atoms with Gasteiger partial charge in [-0.15, -0.1) is 0 Å². The minimum atomic E-state index is -1.16. The fraction of sp³-hybridized carbons (Fsp3) is 0.250. The maximum absolute atomic E-state index is 10.7. The molecule has 0 fully saturated rings. The number of esters is 1. The molecule has 20 heavy (non-hydrogen) atoms. The number of carbonyl (C=O) groups excluding carboxylic acids is 1. The van der Waals surface area contributed by atoms with Gasteiger partial charge in [-0.2, -0.15) is 0 Å². The van der Waals surface area contributed by atoms with Crippen LogP contribution in [-0.4, -0.2) is 23.7 Å². The van der Waals surface area contributed by atoms with Gasteiger partial charge in [-0.3, -0.25) is 0 Å². The van der Waals surface area contributed by atoms with E-state index in [2.05, 4.69) is 11.3 Å². The van der Waals surface area contributed by atoms with Crippen LogP contribution in [0.4, 0.5) is 0 Å². The molecule has 1 N–H and O–H groups in total. The van der Waals surface area contributed by atoms with Crippen molar-refractivity contribution in [2.75, 3.05) is 6.61 Å². The fourth-order valence-corrected chi connectivity index (χ4v) is 1.03. The maximum atomic E-state index is 10.7. The number of carboxylic acid groups (broad SMARTS) is 1. The molecule has 0 radical (unpaired) electrons. The molecule has 0 amide bonds. The van der Waals surface area contributed by atoms with Gasteiger partial charge in [0.05, 0.1) is 6.61 Å². The molecule has 0 saturated heterocycles. The Morgan fingerprint density at radius 3 is 2.25 bits per heavy atom. The average molecular weight is 276 g/mol. The van der Waals surface area contributed by atoms with E-state index in [1.807, 2.05) is 50.3 Å². The van der Waals surface area contributed by atoms with Crippen LogP contribution in [0.2, 0.25) is 0 Å². The first kappa shape index (κ1) is 17.6. The van der Waals surface area contributed by atoms with E-state index in [9.17, 15) is 9.59 Å². The Kier molecular flexibility index (Phi) is 9.31. The third kappa shape index (κ3) is 10.8. The van der Waals surface area contributed by atoms with E-state index in [-0.39, 0.29) is 5.92 Å². The number of aliphatic carboxylic acids is 1. The Labute approximate surface area is 119 Å². The lowest BCUT2D eigenvalue weighted by Gasteiger charge is -2.03. The third-order valence-corrected chi connectivity index (χ3v) is 1.96. The Bertz CT molecular complexity index is 447. The highest BCUT2D eigenvalue weighted by atomic mass is 16.5. The summed E-state index contributed by atoms with van der Waals surface area (Å²) in [4.78, 5) is 20.6. The molecule has 1 aromatic carbocycles. The summed E-state index contributed by atoms with van der Waals surface area (Å²) in [5.41, 5.74) is 1.17. The highest BCUT2D eigenvalue weighted by Crippen LogP contribution is 1.97. The number of hydrogen-bond acceptors (Lipinski definition) is 3. The third-order valence-electron chi connectivity index (χ3n) is 1.96. The first-order chi connectivity index (χ1) is 9.45. The number of carboxylic acids is 1. The van der Waals surface area contributed by atoms with Gasteiger partial charge < -0.3 is 9.84 Å². The van der Waals surface area contributed by atoms with Gasteiger partial charge in [0.1, 0.15) is 0 Å². The molecule has 0 aromatic heterocycles. The number of carbonyl (C=O) groups is 2. The Hall–Kier alpha value is -2.36. The van der Waals surface area contributed by atoms with Crippen LogP contribution in [0, 0.1) is 5.92 Å². The lowest BCUT2D eigenvalue weighted by atomic mass is 10.2. The van der Waals surface area contributed by atoms with Crippen molar-refractivity contribution in [1.29, 1.82) is 0 Å². The monoisotopic (exact) mass is 276 g/mol. The summed E-state index contributed by atoms with van der Waals surface area (Å²) >= 11 is 0. The Balaban J connectivity index is 0.000000388. The lowest BCUT2D eigenvalue weighted by Crippen LogP contribution is -2.07. The van der Waals surface area contributed by atoms with Gasteiger partial charge in [-0.1, -0.05) is 56.8 Å². The molecule has 4 nitrogen and oxygen atoms in total. The molecule has 1 rings (SSSR count). The predicted octanol–water partition coefficient (Wildman–Crippen LogP) is 3.16. The van der Waals surface area contributed by atoms with E-state index >= 15 is 0 Å². The van der Waals surface area contributed by atoms with Crippen molar-refractivity contribution in [3.05, 3.63) is 54.6 Å². The van der Waals surface area contributed by atoms with E-state index in [4.69, 9.17) is 5.11 Å². The van der Waals surface area contributed by atoms with Crippen LogP contribution in [0.1, 0.15) is 19.4 Å². The second kappa shape index (κ2) is 10.6. The maximum Gasteiger partial charge on any atom is 0.331 e. The van der Waals surface area contributed by atoms with E-state index in [0.29, 0.717) is 6.61 Å². The number of ether oxygens (including phenoxy) is 1. The molecular formula is C16H20O4. The van der Waals surface area contributed by atoms with E-state index in [1.54, 1.807) is 0 Å². The van der Waals surface area contributed by atoms with Gasteiger partial charge in [-0.05, 0) is 11.5 Å². The molecule has 0 atom stereocenters. The predicted molar refractivity (Wildman–Crippen MR) is 79.1 cm³/mol. The molecule has 0 bridgehead atoms. The largest absolute Gasteiger partial charge is 0.478 e. The highest BCUT2D eigenvalue weighted by molar-refractivity contribution is 5.90. The van der Waals surface area contributed by atoms with Crippen LogP contribution in [0.3, 0.4) is 0 Å². The molecule has 0 saturated carbocycles. The molecule has 0 unspecified atom stereocenters. The van der Waals surface area contributed by atoms with Crippen molar-refractivity contribution >= 4 is 18.0 Å². The van der Waals surface area contributed by atoms with Crippen molar-refractivity contribution < 1.29 is 19.4 Å². The summed E-state index contributed by atoms with van der Waals surface area (Å²) in [5, 5.41) is 8.15. The zero-order valence-corrected chi connectivity index (χ0v) is 11.8. The second-order valence-electron chi connectivity index (χ2n) is 4.31. The zero-order chi connectivity index (χ0) is 15.4. The van der Waals surface area contributed by atoms with E-state index < -0.39 is 11.9 Å². The van der Waals surface area contributed by atoms with Crippen LogP contribution < -0.4 is 0 Å². The van der Waals surface area contributed by atoms with Gasteiger partial charge >= 0.3 is 11.9 Å². The summed E-state index contributed by atoms with van der Waals surface area (Å²) < 4.78 is 4.66. The van der Waals surface area contributed by atoms with Crippen molar-refractivity contribution in [3.63, 3.8) is 0 Å². The van der Waals surface area contributed by atoms with E-state index in [1.165, 1.54) is 5.56 Å². The van der Waals surface area contributed by atoms with Crippen LogP contribution in [0.25, 0.3) is 6.08 Å². The minimum Gasteiger partial charge on any atom is -0.478 e. The average Bonchev–Trinajstić information content (AvgIpc) is 2.44. The van der Waals surface area contributed by atoms with Crippen LogP contribution >= 0.6 is 0 Å². The number of hydrogen-bond donors (Lipinski definition) is 1. The first-order valence-corrected chi connectivity index (χ1v) is 6.21. The van der Waals surface area contributed by atoms with Crippen molar-refractivity contribution in [1.82, 2.24) is 0 Å². The summed E-state index contributed by atoms with van der Waals surface area (Å²) in [5.74, 6) is -1.52. The summed E-state index contributed by atoms with van der Waals surface area (Å²) in [6.45, 7) is 7.73. The van der Waals surface area contributed by atoms with Crippen LogP contribution in [0.5, 0.6) is 0 Å². The minimum absolute atomic E-state index is 0.257. The van der Waals surface area contributed by atoms with Crippen molar-refractivity contribution in [2.24, 2.45) is 5.92 Å². The normalized spacial score (nSPS) is 9.75. The molecule has 0 aliphatic carbocycles. The zero-order valence-electron chi connectivity index (χ0n) is 11.8. The van der Waals surface area contributed by atoms with Crippen LogP contribution in [-0.2, 0) is 14.3 Å². The number of benzene rings is 1. The van der Waals surface area contributed by atoms with Gasteiger partial charge in [-0.25, -0.2) is 9.59 Å². The smallest absolute Gasteiger partial charge is 0.331 e. The van der Waals surface area contributed by atoms with Gasteiger partial charge in [0, 0.05) is 12.2 Å². The molecule has 0 aliphatic heterocycles. The van der Waals surface area contributed by atoms with Gasteiger partial charge in [0.2, 0.25) is 0 Å². The second-order valence-corrected chi connectivity index (χ2v) is 4.31. The molecule has 0 aliphatic rings. The molecule has 0 heterocycles. The molecular weight excluding hydrogens is 256 g/mol. The Morgan fingerprint density at radius 1 is 1.25 bits per heavy atom. The number of rotatable bonds is 5. The molecule has 1 aromatic rings.